The van der Waals surface area contributed by atoms with Gasteiger partial charge in [-0.25, -0.2) is 0 Å². The van der Waals surface area contributed by atoms with Crippen LogP contribution in [-0.4, -0.2) is 16.9 Å². The van der Waals surface area contributed by atoms with Crippen LogP contribution in [0.2, 0.25) is 0 Å². The number of hydrogen-bond acceptors (Lipinski definition) is 5. The topological polar surface area (TPSA) is 62.6 Å². The van der Waals surface area contributed by atoms with E-state index in [1.807, 2.05) is 54.6 Å². The molecule has 4 rings (SSSR count). The zero-order valence-electron chi connectivity index (χ0n) is 17.8. The van der Waals surface area contributed by atoms with E-state index >= 15 is 0 Å². The minimum atomic E-state index is -0.550. The Labute approximate surface area is 210 Å². The summed E-state index contributed by atoms with van der Waals surface area (Å²) in [4.78, 5) is 28.2. The van der Waals surface area contributed by atoms with Crippen LogP contribution in [0.5, 0.6) is 0 Å². The first-order valence-corrected chi connectivity index (χ1v) is 12.5. The number of carbonyl (C=O) groups excluding carboxylic acids is 2. The van der Waals surface area contributed by atoms with Gasteiger partial charge in [-0.2, -0.15) is 0 Å². The van der Waals surface area contributed by atoms with Crippen LogP contribution in [0.15, 0.2) is 85.1 Å². The summed E-state index contributed by atoms with van der Waals surface area (Å²) in [6.07, 6.45) is 4.65. The highest BCUT2D eigenvalue weighted by molar-refractivity contribution is 9.10. The summed E-state index contributed by atoms with van der Waals surface area (Å²) >= 11 is 10.2. The zero-order chi connectivity index (χ0) is 23.4. The molecule has 8 heteroatoms. The van der Waals surface area contributed by atoms with Crippen LogP contribution in [0.1, 0.15) is 31.1 Å². The molecule has 1 fully saturated rings. The quantitative estimate of drug-likeness (QED) is 0.214. The fraction of sp³-hybridized carbons (Fsp3) is 0.160. The molecule has 2 amide bonds. The number of hydrogen-bond donors (Lipinski definition) is 1. The van der Waals surface area contributed by atoms with Crippen molar-refractivity contribution in [1.82, 2.24) is 5.32 Å². The van der Waals surface area contributed by atoms with E-state index in [1.165, 1.54) is 28.3 Å². The first-order chi connectivity index (χ1) is 16.0. The van der Waals surface area contributed by atoms with Crippen LogP contribution in [0.4, 0.5) is 5.69 Å². The Balaban J connectivity index is 1.58. The monoisotopic (exact) mass is 540 g/mol. The van der Waals surface area contributed by atoms with Gasteiger partial charge >= 0.3 is 0 Å². The third kappa shape index (κ3) is 5.46. The minimum Gasteiger partial charge on any atom is -0.449 e. The van der Waals surface area contributed by atoms with Crippen LogP contribution >= 0.6 is 39.9 Å². The van der Waals surface area contributed by atoms with Crippen LogP contribution in [-0.2, 0) is 16.0 Å². The van der Waals surface area contributed by atoms with Crippen molar-refractivity contribution in [2.24, 2.45) is 0 Å². The molecule has 2 heterocycles. The SMILES string of the molecule is CCCCc1ccc(N2C(=O)/C(=C/c3cc(Br)c(Sc4ccccc4)o3)C(=O)NC2=S)cc1. The van der Waals surface area contributed by atoms with Crippen LogP contribution in [0.25, 0.3) is 6.08 Å². The largest absolute Gasteiger partial charge is 0.449 e. The Morgan fingerprint density at radius 2 is 1.85 bits per heavy atom. The van der Waals surface area contributed by atoms with E-state index in [0.717, 1.165) is 28.6 Å². The molecule has 1 aliphatic rings. The van der Waals surface area contributed by atoms with Gasteiger partial charge in [-0.3, -0.25) is 19.8 Å². The van der Waals surface area contributed by atoms with Gasteiger partial charge in [0.05, 0.1) is 10.2 Å². The van der Waals surface area contributed by atoms with Crippen molar-refractivity contribution in [2.45, 2.75) is 36.2 Å². The number of aryl methyl sites for hydroxylation is 1. The standard InChI is InChI=1S/C25H21BrN2O3S2/c1-2-3-7-16-10-12-17(13-11-16)28-23(30)20(22(29)27-25(28)32)14-18-15-21(26)24(31-18)33-19-8-5-4-6-9-19/h4-6,8-15H,2-3,7H2,1H3,(H,27,29,32)/b20-14+. The maximum Gasteiger partial charge on any atom is 0.270 e. The summed E-state index contributed by atoms with van der Waals surface area (Å²) in [5.74, 6) is -0.651. The predicted molar refractivity (Wildman–Crippen MR) is 138 cm³/mol. The summed E-state index contributed by atoms with van der Waals surface area (Å²) < 4.78 is 6.63. The van der Waals surface area contributed by atoms with Gasteiger partial charge in [0, 0.05) is 4.90 Å². The van der Waals surface area contributed by atoms with Gasteiger partial charge in [-0.05, 0) is 83.0 Å². The molecule has 1 saturated heterocycles. The fourth-order valence-corrected chi connectivity index (χ4v) is 4.96. The summed E-state index contributed by atoms with van der Waals surface area (Å²) in [6.45, 7) is 2.15. The molecule has 33 heavy (non-hydrogen) atoms. The Morgan fingerprint density at radius 1 is 1.12 bits per heavy atom. The maximum atomic E-state index is 13.2. The van der Waals surface area contributed by atoms with Gasteiger partial charge in [0.25, 0.3) is 11.8 Å². The van der Waals surface area contributed by atoms with Crippen molar-refractivity contribution in [3.63, 3.8) is 0 Å². The average Bonchev–Trinajstić information content (AvgIpc) is 3.15. The van der Waals surface area contributed by atoms with Crippen molar-refractivity contribution in [1.29, 1.82) is 0 Å². The van der Waals surface area contributed by atoms with Gasteiger partial charge < -0.3 is 4.42 Å². The molecule has 1 aromatic heterocycles. The maximum absolute atomic E-state index is 13.2. The molecule has 1 aliphatic heterocycles. The summed E-state index contributed by atoms with van der Waals surface area (Å²) in [5.41, 5.74) is 1.76. The third-order valence-corrected chi connectivity index (χ3v) is 7.16. The van der Waals surface area contributed by atoms with E-state index in [2.05, 4.69) is 28.2 Å². The Hall–Kier alpha value is -2.68. The van der Waals surface area contributed by atoms with E-state index in [9.17, 15) is 9.59 Å². The molecule has 3 aromatic rings. The molecule has 0 saturated carbocycles. The number of anilines is 1. The van der Waals surface area contributed by atoms with Crippen molar-refractivity contribution < 1.29 is 14.0 Å². The van der Waals surface area contributed by atoms with Gasteiger partial charge in [-0.1, -0.05) is 55.4 Å². The number of benzene rings is 2. The molecule has 168 valence electrons. The molecular formula is C25H21BrN2O3S2. The minimum absolute atomic E-state index is 0.0452. The molecule has 0 radical (unpaired) electrons. The van der Waals surface area contributed by atoms with Crippen LogP contribution in [0, 0.1) is 0 Å². The lowest BCUT2D eigenvalue weighted by Gasteiger charge is -2.28. The number of rotatable bonds is 7. The Bertz CT molecular complexity index is 1220. The summed E-state index contributed by atoms with van der Waals surface area (Å²) in [5, 5.41) is 3.30. The van der Waals surface area contributed by atoms with Gasteiger partial charge in [0.15, 0.2) is 10.2 Å². The number of amides is 2. The summed E-state index contributed by atoms with van der Waals surface area (Å²) in [6, 6.07) is 19.2. The third-order valence-electron chi connectivity index (χ3n) is 5.03. The second-order valence-electron chi connectivity index (χ2n) is 7.43. The molecule has 2 aromatic carbocycles. The highest BCUT2D eigenvalue weighted by Gasteiger charge is 2.34. The Morgan fingerprint density at radius 3 is 2.55 bits per heavy atom. The molecule has 0 unspecified atom stereocenters. The van der Waals surface area contributed by atoms with Gasteiger partial charge in [0.2, 0.25) is 0 Å². The van der Waals surface area contributed by atoms with E-state index < -0.39 is 11.8 Å². The smallest absolute Gasteiger partial charge is 0.270 e. The first kappa shape index (κ1) is 23.5. The number of thiocarbonyl (C=S) groups is 1. The van der Waals surface area contributed by atoms with Crippen LogP contribution in [0.3, 0.4) is 0 Å². The second kappa shape index (κ2) is 10.5. The van der Waals surface area contributed by atoms with Gasteiger partial charge in [-0.15, -0.1) is 0 Å². The highest BCUT2D eigenvalue weighted by atomic mass is 79.9. The number of furan rings is 1. The van der Waals surface area contributed by atoms with E-state index in [-0.39, 0.29) is 10.7 Å². The van der Waals surface area contributed by atoms with Crippen molar-refractivity contribution in [2.75, 3.05) is 4.90 Å². The lowest BCUT2D eigenvalue weighted by Crippen LogP contribution is -2.54. The zero-order valence-corrected chi connectivity index (χ0v) is 21.1. The molecular weight excluding hydrogens is 520 g/mol. The average molecular weight is 541 g/mol. The van der Waals surface area contributed by atoms with Crippen LogP contribution < -0.4 is 10.2 Å². The van der Waals surface area contributed by atoms with Gasteiger partial charge in [0.1, 0.15) is 11.3 Å². The highest BCUT2D eigenvalue weighted by Crippen LogP contribution is 2.36. The number of carbonyl (C=O) groups is 2. The van der Waals surface area contributed by atoms with Crippen molar-refractivity contribution in [3.8, 4) is 0 Å². The molecule has 5 nitrogen and oxygen atoms in total. The van der Waals surface area contributed by atoms with E-state index in [4.69, 9.17) is 16.6 Å². The first-order valence-electron chi connectivity index (χ1n) is 10.5. The number of unbranched alkanes of at least 4 members (excludes halogenated alkanes) is 1. The van der Waals surface area contributed by atoms with Crippen molar-refractivity contribution in [3.05, 3.63) is 82.0 Å². The number of nitrogens with zero attached hydrogens (tertiary/aromatic N) is 1. The lowest BCUT2D eigenvalue weighted by atomic mass is 10.1. The molecule has 0 bridgehead atoms. The number of nitrogens with one attached hydrogen (secondary N) is 1. The molecule has 0 spiro atoms. The van der Waals surface area contributed by atoms with E-state index in [1.54, 1.807) is 6.07 Å². The van der Waals surface area contributed by atoms with Crippen molar-refractivity contribution >= 4 is 68.6 Å². The Kier molecular flexibility index (Phi) is 7.47. The molecule has 1 N–H and O–H groups in total. The molecule has 0 atom stereocenters. The molecule has 0 aliphatic carbocycles. The number of halogens is 1. The summed E-state index contributed by atoms with van der Waals surface area (Å²) in [7, 11) is 0. The normalized spacial score (nSPS) is 15.3. The predicted octanol–water partition coefficient (Wildman–Crippen LogP) is 6.37. The van der Waals surface area contributed by atoms with E-state index in [0.29, 0.717) is 16.5 Å². The second-order valence-corrected chi connectivity index (χ2v) is 9.71. The lowest BCUT2D eigenvalue weighted by molar-refractivity contribution is -0.122. The fourth-order valence-electron chi connectivity index (χ4n) is 3.33.